The van der Waals surface area contributed by atoms with Gasteiger partial charge in [0, 0.05) is 17.8 Å². The van der Waals surface area contributed by atoms with Crippen LogP contribution in [0.25, 0.3) is 11.4 Å². The standard InChI is InChI=1S/C12H16N4S/c1-6-7(2)17-10(13)9(6)12-14-11(8-4-5-8)15-16(12)3/h8H,4-5,13H2,1-3H3. The van der Waals surface area contributed by atoms with Gasteiger partial charge in [-0.3, -0.25) is 0 Å². The summed E-state index contributed by atoms with van der Waals surface area (Å²) in [6.45, 7) is 4.20. The van der Waals surface area contributed by atoms with Crippen LogP contribution in [0.4, 0.5) is 5.00 Å². The highest BCUT2D eigenvalue weighted by Crippen LogP contribution is 2.41. The number of aromatic nitrogens is 3. The molecular formula is C12H16N4S. The van der Waals surface area contributed by atoms with Crippen LogP contribution in [-0.2, 0) is 7.05 Å². The molecule has 1 aliphatic rings. The summed E-state index contributed by atoms with van der Waals surface area (Å²) in [7, 11) is 1.94. The number of aryl methyl sites for hydroxylation is 2. The molecule has 0 amide bonds. The SMILES string of the molecule is Cc1sc(N)c(-c2nc(C3CC3)nn2C)c1C. The Kier molecular flexibility index (Phi) is 2.26. The number of hydrogen-bond donors (Lipinski definition) is 1. The van der Waals surface area contributed by atoms with Crippen LogP contribution in [0.15, 0.2) is 0 Å². The zero-order valence-corrected chi connectivity index (χ0v) is 11.1. The van der Waals surface area contributed by atoms with E-state index < -0.39 is 0 Å². The molecule has 2 heterocycles. The second-order valence-corrected chi connectivity index (χ2v) is 5.97. The number of thiophene rings is 1. The van der Waals surface area contributed by atoms with Gasteiger partial charge in [0.05, 0.1) is 10.6 Å². The first kappa shape index (κ1) is 10.8. The lowest BCUT2D eigenvalue weighted by Crippen LogP contribution is -1.97. The molecule has 2 aromatic rings. The van der Waals surface area contributed by atoms with Crippen molar-refractivity contribution in [2.45, 2.75) is 32.6 Å². The minimum absolute atomic E-state index is 0.580. The summed E-state index contributed by atoms with van der Waals surface area (Å²) in [5.74, 6) is 2.47. The van der Waals surface area contributed by atoms with E-state index in [-0.39, 0.29) is 0 Å². The molecule has 0 radical (unpaired) electrons. The molecule has 0 unspecified atom stereocenters. The molecular weight excluding hydrogens is 232 g/mol. The van der Waals surface area contributed by atoms with Gasteiger partial charge in [0.25, 0.3) is 0 Å². The van der Waals surface area contributed by atoms with Gasteiger partial charge in [0.15, 0.2) is 11.6 Å². The summed E-state index contributed by atoms with van der Waals surface area (Å²) >= 11 is 1.63. The molecule has 90 valence electrons. The van der Waals surface area contributed by atoms with Crippen molar-refractivity contribution in [2.24, 2.45) is 7.05 Å². The zero-order valence-electron chi connectivity index (χ0n) is 10.3. The zero-order chi connectivity index (χ0) is 12.2. The largest absolute Gasteiger partial charge is 0.390 e. The molecule has 4 nitrogen and oxygen atoms in total. The monoisotopic (exact) mass is 248 g/mol. The maximum Gasteiger partial charge on any atom is 0.161 e. The van der Waals surface area contributed by atoms with Crippen molar-refractivity contribution < 1.29 is 0 Å². The Morgan fingerprint density at radius 3 is 2.59 bits per heavy atom. The molecule has 2 N–H and O–H groups in total. The third kappa shape index (κ3) is 1.65. The fourth-order valence-corrected chi connectivity index (χ4v) is 3.00. The molecule has 3 rings (SSSR count). The average molecular weight is 248 g/mol. The fraction of sp³-hybridized carbons (Fsp3) is 0.500. The normalized spacial score (nSPS) is 15.5. The van der Waals surface area contributed by atoms with Gasteiger partial charge >= 0.3 is 0 Å². The van der Waals surface area contributed by atoms with Crippen molar-refractivity contribution in [3.8, 4) is 11.4 Å². The van der Waals surface area contributed by atoms with Crippen LogP contribution >= 0.6 is 11.3 Å². The van der Waals surface area contributed by atoms with Crippen molar-refractivity contribution in [3.63, 3.8) is 0 Å². The Morgan fingerprint density at radius 1 is 1.35 bits per heavy atom. The Labute approximate surface area is 104 Å². The van der Waals surface area contributed by atoms with E-state index in [1.807, 2.05) is 11.7 Å². The average Bonchev–Trinajstić information content (AvgIpc) is 3.00. The Balaban J connectivity index is 2.13. The van der Waals surface area contributed by atoms with Crippen LogP contribution in [0, 0.1) is 13.8 Å². The van der Waals surface area contributed by atoms with E-state index in [0.717, 1.165) is 22.2 Å². The Bertz CT molecular complexity index is 578. The van der Waals surface area contributed by atoms with E-state index in [9.17, 15) is 0 Å². The quantitative estimate of drug-likeness (QED) is 0.888. The van der Waals surface area contributed by atoms with Crippen LogP contribution in [-0.4, -0.2) is 14.8 Å². The fourth-order valence-electron chi connectivity index (χ4n) is 2.07. The Morgan fingerprint density at radius 2 is 2.06 bits per heavy atom. The molecule has 0 spiro atoms. The van der Waals surface area contributed by atoms with Gasteiger partial charge in [-0.1, -0.05) is 0 Å². The molecule has 1 saturated carbocycles. The number of nitrogens with zero attached hydrogens (tertiary/aromatic N) is 3. The molecule has 1 fully saturated rings. The predicted octanol–water partition coefficient (Wildman–Crippen LogP) is 2.62. The molecule has 2 aromatic heterocycles. The summed E-state index contributed by atoms with van der Waals surface area (Å²) in [5, 5.41) is 5.34. The minimum atomic E-state index is 0.580. The minimum Gasteiger partial charge on any atom is -0.390 e. The first-order valence-electron chi connectivity index (χ1n) is 5.84. The lowest BCUT2D eigenvalue weighted by Gasteiger charge is -2.00. The highest BCUT2D eigenvalue weighted by Gasteiger charge is 2.29. The van der Waals surface area contributed by atoms with Gasteiger partial charge in [-0.25, -0.2) is 9.67 Å². The van der Waals surface area contributed by atoms with E-state index in [0.29, 0.717) is 5.92 Å². The summed E-state index contributed by atoms with van der Waals surface area (Å²) in [6.07, 6.45) is 2.45. The van der Waals surface area contributed by atoms with Crippen LogP contribution < -0.4 is 5.73 Å². The van der Waals surface area contributed by atoms with E-state index in [4.69, 9.17) is 5.73 Å². The van der Waals surface area contributed by atoms with Crippen molar-refractivity contribution >= 4 is 16.3 Å². The molecule has 0 aromatic carbocycles. The number of nitrogens with two attached hydrogens (primary N) is 1. The van der Waals surface area contributed by atoms with E-state index >= 15 is 0 Å². The van der Waals surface area contributed by atoms with Crippen molar-refractivity contribution in [3.05, 3.63) is 16.3 Å². The summed E-state index contributed by atoms with van der Waals surface area (Å²) in [4.78, 5) is 5.91. The van der Waals surface area contributed by atoms with E-state index in [1.54, 1.807) is 11.3 Å². The van der Waals surface area contributed by atoms with Gasteiger partial charge in [-0.15, -0.1) is 11.3 Å². The predicted molar refractivity (Wildman–Crippen MR) is 70.2 cm³/mol. The van der Waals surface area contributed by atoms with Gasteiger partial charge in [-0.2, -0.15) is 5.10 Å². The molecule has 17 heavy (non-hydrogen) atoms. The third-order valence-corrected chi connectivity index (χ3v) is 4.39. The first-order valence-corrected chi connectivity index (χ1v) is 6.66. The van der Waals surface area contributed by atoms with Gasteiger partial charge in [-0.05, 0) is 32.3 Å². The Hall–Kier alpha value is -1.36. The first-order chi connectivity index (χ1) is 8.08. The maximum atomic E-state index is 6.08. The summed E-state index contributed by atoms with van der Waals surface area (Å²) in [5.41, 5.74) is 8.37. The number of hydrogen-bond acceptors (Lipinski definition) is 4. The number of rotatable bonds is 2. The number of anilines is 1. The third-order valence-electron chi connectivity index (χ3n) is 3.36. The molecule has 0 atom stereocenters. The maximum absolute atomic E-state index is 6.08. The molecule has 5 heteroatoms. The second kappa shape index (κ2) is 3.57. The second-order valence-electron chi connectivity index (χ2n) is 4.71. The van der Waals surface area contributed by atoms with E-state index in [2.05, 4.69) is 23.9 Å². The molecule has 0 saturated heterocycles. The molecule has 0 bridgehead atoms. The van der Waals surface area contributed by atoms with Gasteiger partial charge in [0.2, 0.25) is 0 Å². The van der Waals surface area contributed by atoms with Crippen LogP contribution in [0.3, 0.4) is 0 Å². The summed E-state index contributed by atoms with van der Waals surface area (Å²) < 4.78 is 1.86. The smallest absolute Gasteiger partial charge is 0.161 e. The van der Waals surface area contributed by atoms with Gasteiger partial charge < -0.3 is 5.73 Å². The lowest BCUT2D eigenvalue weighted by molar-refractivity contribution is 0.750. The highest BCUT2D eigenvalue weighted by molar-refractivity contribution is 7.16. The lowest BCUT2D eigenvalue weighted by atomic mass is 10.1. The van der Waals surface area contributed by atoms with Crippen LogP contribution in [0.2, 0.25) is 0 Å². The highest BCUT2D eigenvalue weighted by atomic mass is 32.1. The number of nitrogen functional groups attached to an aromatic ring is 1. The van der Waals surface area contributed by atoms with Gasteiger partial charge in [0.1, 0.15) is 0 Å². The van der Waals surface area contributed by atoms with Crippen LogP contribution in [0.5, 0.6) is 0 Å². The summed E-state index contributed by atoms with van der Waals surface area (Å²) in [6, 6.07) is 0. The topological polar surface area (TPSA) is 56.7 Å². The van der Waals surface area contributed by atoms with Crippen LogP contribution in [0.1, 0.15) is 35.0 Å². The van der Waals surface area contributed by atoms with E-state index in [1.165, 1.54) is 23.3 Å². The molecule has 1 aliphatic carbocycles. The molecule has 0 aliphatic heterocycles. The van der Waals surface area contributed by atoms with Crippen molar-refractivity contribution in [1.82, 2.24) is 14.8 Å². The van der Waals surface area contributed by atoms with Crippen molar-refractivity contribution in [2.75, 3.05) is 5.73 Å². The van der Waals surface area contributed by atoms with Crippen molar-refractivity contribution in [1.29, 1.82) is 0 Å².